The summed E-state index contributed by atoms with van der Waals surface area (Å²) in [5.41, 5.74) is 6.33. The molecule has 0 aliphatic carbocycles. The summed E-state index contributed by atoms with van der Waals surface area (Å²) in [7, 11) is 0. The van der Waals surface area contributed by atoms with Gasteiger partial charge in [-0.3, -0.25) is 4.79 Å². The quantitative estimate of drug-likeness (QED) is 0.812. The maximum absolute atomic E-state index is 11.9. The largest absolute Gasteiger partial charge is 0.348 e. The zero-order chi connectivity index (χ0) is 12.0. The fourth-order valence-electron chi connectivity index (χ4n) is 1.51. The molecule has 1 unspecified atom stereocenters. The summed E-state index contributed by atoms with van der Waals surface area (Å²) in [6.07, 6.45) is 1.94. The molecule has 1 aromatic carbocycles. The Morgan fingerprint density at radius 3 is 2.75 bits per heavy atom. The molecule has 0 heterocycles. The van der Waals surface area contributed by atoms with Crippen LogP contribution in [0.2, 0.25) is 0 Å². The van der Waals surface area contributed by atoms with E-state index in [0.717, 1.165) is 22.0 Å². The second kappa shape index (κ2) is 6.85. The van der Waals surface area contributed by atoms with Gasteiger partial charge in [0.25, 0.3) is 5.91 Å². The molecule has 1 amide bonds. The Morgan fingerprint density at radius 1 is 1.50 bits per heavy atom. The molecule has 0 aliphatic rings. The van der Waals surface area contributed by atoms with Gasteiger partial charge in [-0.25, -0.2) is 0 Å². The van der Waals surface area contributed by atoms with Crippen molar-refractivity contribution in [2.75, 3.05) is 6.54 Å². The van der Waals surface area contributed by atoms with Crippen LogP contribution >= 0.6 is 22.6 Å². The number of carbonyl (C=O) groups excluding carboxylic acids is 1. The van der Waals surface area contributed by atoms with Gasteiger partial charge in [0.2, 0.25) is 0 Å². The van der Waals surface area contributed by atoms with E-state index < -0.39 is 0 Å². The number of carbonyl (C=O) groups is 1. The topological polar surface area (TPSA) is 55.1 Å². The molecular weight excluding hydrogens is 315 g/mol. The van der Waals surface area contributed by atoms with Crippen LogP contribution in [-0.2, 0) is 0 Å². The first kappa shape index (κ1) is 13.4. The third-order valence-corrected chi connectivity index (χ3v) is 3.32. The summed E-state index contributed by atoms with van der Waals surface area (Å²) in [4.78, 5) is 11.9. The van der Waals surface area contributed by atoms with Gasteiger partial charge >= 0.3 is 0 Å². The number of hydrogen-bond donors (Lipinski definition) is 2. The Kier molecular flexibility index (Phi) is 5.76. The van der Waals surface area contributed by atoms with Gasteiger partial charge in [-0.15, -0.1) is 0 Å². The van der Waals surface area contributed by atoms with Crippen molar-refractivity contribution >= 4 is 28.5 Å². The Bertz CT molecular complexity index is 355. The van der Waals surface area contributed by atoms with Crippen molar-refractivity contribution < 1.29 is 4.79 Å². The number of halogens is 1. The van der Waals surface area contributed by atoms with Crippen LogP contribution in [-0.4, -0.2) is 18.5 Å². The highest BCUT2D eigenvalue weighted by Crippen LogP contribution is 2.11. The molecule has 0 spiro atoms. The SMILES string of the molecule is CCCC(CN)NC(=O)c1ccccc1I. The zero-order valence-corrected chi connectivity index (χ0v) is 11.5. The monoisotopic (exact) mass is 332 g/mol. The minimum Gasteiger partial charge on any atom is -0.348 e. The molecule has 1 aromatic rings. The first-order chi connectivity index (χ1) is 7.69. The lowest BCUT2D eigenvalue weighted by atomic mass is 10.1. The Labute approximate surface area is 110 Å². The van der Waals surface area contributed by atoms with Crippen molar-refractivity contribution in [3.05, 3.63) is 33.4 Å². The van der Waals surface area contributed by atoms with Crippen LogP contribution in [0.4, 0.5) is 0 Å². The van der Waals surface area contributed by atoms with Gasteiger partial charge in [0.15, 0.2) is 0 Å². The van der Waals surface area contributed by atoms with Crippen LogP contribution in [0.25, 0.3) is 0 Å². The average Bonchev–Trinajstić information content (AvgIpc) is 2.28. The third-order valence-electron chi connectivity index (χ3n) is 2.38. The predicted octanol–water partition coefficient (Wildman–Crippen LogP) is 2.15. The van der Waals surface area contributed by atoms with Gasteiger partial charge in [0.1, 0.15) is 0 Å². The van der Waals surface area contributed by atoms with Crippen LogP contribution in [0.1, 0.15) is 30.1 Å². The van der Waals surface area contributed by atoms with E-state index in [1.807, 2.05) is 24.3 Å². The van der Waals surface area contributed by atoms with Crippen LogP contribution in [0.15, 0.2) is 24.3 Å². The van der Waals surface area contributed by atoms with Crippen molar-refractivity contribution in [1.82, 2.24) is 5.32 Å². The molecular formula is C12H17IN2O. The molecule has 88 valence electrons. The van der Waals surface area contributed by atoms with E-state index >= 15 is 0 Å². The highest BCUT2D eigenvalue weighted by Gasteiger charge is 2.13. The molecule has 0 saturated heterocycles. The molecule has 0 aliphatic heterocycles. The summed E-state index contributed by atoms with van der Waals surface area (Å²) in [6, 6.07) is 7.62. The van der Waals surface area contributed by atoms with Gasteiger partial charge in [-0.2, -0.15) is 0 Å². The summed E-state index contributed by atoms with van der Waals surface area (Å²) in [6.45, 7) is 2.57. The molecule has 0 fully saturated rings. The van der Waals surface area contributed by atoms with E-state index in [-0.39, 0.29) is 11.9 Å². The normalized spacial score (nSPS) is 12.2. The number of nitrogens with one attached hydrogen (secondary N) is 1. The summed E-state index contributed by atoms with van der Waals surface area (Å²) < 4.78 is 0.963. The molecule has 16 heavy (non-hydrogen) atoms. The fourth-order valence-corrected chi connectivity index (χ4v) is 2.14. The van der Waals surface area contributed by atoms with E-state index in [1.165, 1.54) is 0 Å². The number of amides is 1. The molecule has 1 rings (SSSR count). The number of rotatable bonds is 5. The minimum absolute atomic E-state index is 0.0334. The maximum atomic E-state index is 11.9. The Hall–Kier alpha value is -0.620. The van der Waals surface area contributed by atoms with Crippen molar-refractivity contribution in [1.29, 1.82) is 0 Å². The standard InChI is InChI=1S/C12H17IN2O/c1-2-5-9(8-14)15-12(16)10-6-3-4-7-11(10)13/h3-4,6-7,9H,2,5,8,14H2,1H3,(H,15,16). The van der Waals surface area contributed by atoms with Gasteiger partial charge in [0, 0.05) is 16.2 Å². The molecule has 0 saturated carbocycles. The van der Waals surface area contributed by atoms with Crippen LogP contribution in [0, 0.1) is 3.57 Å². The summed E-state index contributed by atoms with van der Waals surface area (Å²) in [5, 5.41) is 2.96. The predicted molar refractivity (Wildman–Crippen MR) is 74.4 cm³/mol. The minimum atomic E-state index is -0.0334. The second-order valence-electron chi connectivity index (χ2n) is 3.67. The maximum Gasteiger partial charge on any atom is 0.252 e. The fraction of sp³-hybridized carbons (Fsp3) is 0.417. The first-order valence-corrected chi connectivity index (χ1v) is 6.52. The second-order valence-corrected chi connectivity index (χ2v) is 4.84. The van der Waals surface area contributed by atoms with Crippen molar-refractivity contribution in [3.8, 4) is 0 Å². The van der Waals surface area contributed by atoms with Crippen LogP contribution in [0.3, 0.4) is 0 Å². The number of hydrogen-bond acceptors (Lipinski definition) is 2. The first-order valence-electron chi connectivity index (χ1n) is 5.44. The van der Waals surface area contributed by atoms with E-state index in [9.17, 15) is 4.79 Å². The molecule has 0 bridgehead atoms. The van der Waals surface area contributed by atoms with Gasteiger partial charge in [0.05, 0.1) is 5.56 Å². The Morgan fingerprint density at radius 2 is 2.19 bits per heavy atom. The van der Waals surface area contributed by atoms with E-state index in [1.54, 1.807) is 0 Å². The zero-order valence-electron chi connectivity index (χ0n) is 9.37. The average molecular weight is 332 g/mol. The van der Waals surface area contributed by atoms with Gasteiger partial charge in [-0.05, 0) is 41.1 Å². The van der Waals surface area contributed by atoms with E-state index in [2.05, 4.69) is 34.8 Å². The lowest BCUT2D eigenvalue weighted by Crippen LogP contribution is -2.40. The smallest absolute Gasteiger partial charge is 0.252 e. The molecule has 4 heteroatoms. The highest BCUT2D eigenvalue weighted by atomic mass is 127. The third kappa shape index (κ3) is 3.75. The summed E-state index contributed by atoms with van der Waals surface area (Å²) in [5.74, 6) is -0.0334. The van der Waals surface area contributed by atoms with Gasteiger partial charge in [-0.1, -0.05) is 25.5 Å². The summed E-state index contributed by atoms with van der Waals surface area (Å²) >= 11 is 2.16. The van der Waals surface area contributed by atoms with E-state index in [4.69, 9.17) is 5.73 Å². The molecule has 0 radical (unpaired) electrons. The number of nitrogens with two attached hydrogens (primary N) is 1. The molecule has 3 nitrogen and oxygen atoms in total. The lowest BCUT2D eigenvalue weighted by molar-refractivity contribution is 0.0935. The molecule has 3 N–H and O–H groups in total. The molecule has 1 atom stereocenters. The van der Waals surface area contributed by atoms with Gasteiger partial charge < -0.3 is 11.1 Å². The number of benzene rings is 1. The van der Waals surface area contributed by atoms with Crippen LogP contribution in [0.5, 0.6) is 0 Å². The Balaban J connectivity index is 2.68. The van der Waals surface area contributed by atoms with Crippen molar-refractivity contribution in [2.24, 2.45) is 5.73 Å². The van der Waals surface area contributed by atoms with Crippen LogP contribution < -0.4 is 11.1 Å². The molecule has 0 aromatic heterocycles. The van der Waals surface area contributed by atoms with Crippen molar-refractivity contribution in [2.45, 2.75) is 25.8 Å². The van der Waals surface area contributed by atoms with E-state index in [0.29, 0.717) is 6.54 Å². The van der Waals surface area contributed by atoms with Crippen molar-refractivity contribution in [3.63, 3.8) is 0 Å². The lowest BCUT2D eigenvalue weighted by Gasteiger charge is -2.16. The highest BCUT2D eigenvalue weighted by molar-refractivity contribution is 14.1.